The van der Waals surface area contributed by atoms with Crippen LogP contribution in [0.3, 0.4) is 0 Å². The standard InChI is InChI=1S/C21H38N4O7/c1-2-3-13-22-17(26)11-6-4-5-7-12-18(27)23-14-9-8-10-16(20(30)31)25-21(32)24-15-19(28)29/h16H,2-15H2,1H3,(H,22,26)(H,23,27)(H,28,29)(H,30,31)(H2,24,25,32). The summed E-state index contributed by atoms with van der Waals surface area (Å²) in [6.07, 6.45) is 7.50. The molecule has 0 bridgehead atoms. The van der Waals surface area contributed by atoms with E-state index in [1.807, 2.05) is 5.32 Å². The minimum Gasteiger partial charge on any atom is -0.480 e. The van der Waals surface area contributed by atoms with Gasteiger partial charge in [-0.05, 0) is 38.5 Å². The Labute approximate surface area is 189 Å². The number of carboxylic acids is 2. The van der Waals surface area contributed by atoms with Crippen molar-refractivity contribution in [1.82, 2.24) is 21.3 Å². The largest absolute Gasteiger partial charge is 0.480 e. The van der Waals surface area contributed by atoms with E-state index in [1.165, 1.54) is 0 Å². The van der Waals surface area contributed by atoms with Gasteiger partial charge in [0.15, 0.2) is 0 Å². The van der Waals surface area contributed by atoms with E-state index in [9.17, 15) is 24.0 Å². The molecule has 0 aliphatic carbocycles. The molecule has 0 aromatic heterocycles. The molecule has 0 aliphatic rings. The van der Waals surface area contributed by atoms with E-state index >= 15 is 0 Å². The van der Waals surface area contributed by atoms with Crippen molar-refractivity contribution < 1.29 is 34.2 Å². The van der Waals surface area contributed by atoms with Gasteiger partial charge in [0, 0.05) is 25.9 Å². The number of carboxylic acid groups (broad SMARTS) is 2. The fraction of sp³-hybridized carbons (Fsp3) is 0.762. The molecule has 6 N–H and O–H groups in total. The zero-order valence-electron chi connectivity index (χ0n) is 18.9. The number of amides is 4. The summed E-state index contributed by atoms with van der Waals surface area (Å²) < 4.78 is 0. The van der Waals surface area contributed by atoms with Gasteiger partial charge in [0.25, 0.3) is 0 Å². The second-order valence-corrected chi connectivity index (χ2v) is 7.58. The summed E-state index contributed by atoms with van der Waals surface area (Å²) in [5, 5.41) is 27.5. The number of carbonyl (C=O) groups excluding carboxylic acids is 3. The molecule has 1 unspecified atom stereocenters. The third kappa shape index (κ3) is 18.0. The molecular formula is C21H38N4O7. The molecule has 32 heavy (non-hydrogen) atoms. The number of nitrogens with one attached hydrogen (secondary N) is 4. The van der Waals surface area contributed by atoms with Gasteiger partial charge in [-0.2, -0.15) is 0 Å². The number of hydrogen-bond donors (Lipinski definition) is 6. The quantitative estimate of drug-likeness (QED) is 0.158. The van der Waals surface area contributed by atoms with Crippen LogP contribution in [0.4, 0.5) is 4.79 Å². The Morgan fingerprint density at radius 1 is 0.719 bits per heavy atom. The maximum atomic E-state index is 11.8. The molecule has 0 aliphatic heterocycles. The van der Waals surface area contributed by atoms with Gasteiger partial charge in [-0.15, -0.1) is 0 Å². The first kappa shape index (κ1) is 29.1. The first-order valence-electron chi connectivity index (χ1n) is 11.3. The number of hydrogen-bond acceptors (Lipinski definition) is 5. The van der Waals surface area contributed by atoms with Crippen LogP contribution in [0.2, 0.25) is 0 Å². The third-order valence-corrected chi connectivity index (χ3v) is 4.66. The summed E-state index contributed by atoms with van der Waals surface area (Å²) in [7, 11) is 0. The molecular weight excluding hydrogens is 420 g/mol. The second-order valence-electron chi connectivity index (χ2n) is 7.58. The molecule has 184 valence electrons. The van der Waals surface area contributed by atoms with Crippen molar-refractivity contribution in [3.63, 3.8) is 0 Å². The summed E-state index contributed by atoms with van der Waals surface area (Å²) in [5.41, 5.74) is 0. The molecule has 0 rings (SSSR count). The zero-order valence-corrected chi connectivity index (χ0v) is 18.9. The lowest BCUT2D eigenvalue weighted by Crippen LogP contribution is -2.47. The van der Waals surface area contributed by atoms with E-state index in [1.54, 1.807) is 0 Å². The monoisotopic (exact) mass is 458 g/mol. The molecule has 0 fully saturated rings. The first-order valence-corrected chi connectivity index (χ1v) is 11.3. The molecule has 0 aromatic carbocycles. The predicted octanol–water partition coefficient (Wildman–Crippen LogP) is 1.37. The summed E-state index contributed by atoms with van der Waals surface area (Å²) in [6.45, 7) is 2.61. The number of urea groups is 1. The maximum absolute atomic E-state index is 11.8. The van der Waals surface area contributed by atoms with E-state index in [0.29, 0.717) is 32.2 Å². The Kier molecular flexibility index (Phi) is 17.2. The molecule has 0 saturated carbocycles. The van der Waals surface area contributed by atoms with E-state index in [4.69, 9.17) is 10.2 Å². The molecule has 0 heterocycles. The highest BCUT2D eigenvalue weighted by Crippen LogP contribution is 2.06. The Hall–Kier alpha value is -2.85. The van der Waals surface area contributed by atoms with Crippen LogP contribution in [-0.2, 0) is 19.2 Å². The minimum absolute atomic E-state index is 0.0664. The number of unbranched alkanes of at least 4 members (excludes halogenated alkanes) is 5. The van der Waals surface area contributed by atoms with Crippen LogP contribution >= 0.6 is 0 Å². The molecule has 4 amide bonds. The smallest absolute Gasteiger partial charge is 0.326 e. The molecule has 0 spiro atoms. The van der Waals surface area contributed by atoms with Gasteiger partial charge in [0.1, 0.15) is 12.6 Å². The summed E-state index contributed by atoms with van der Waals surface area (Å²) in [6, 6.07) is -1.99. The fourth-order valence-corrected chi connectivity index (χ4v) is 2.83. The van der Waals surface area contributed by atoms with Gasteiger partial charge in [0.2, 0.25) is 11.8 Å². The average molecular weight is 459 g/mol. The lowest BCUT2D eigenvalue weighted by molar-refractivity contribution is -0.139. The van der Waals surface area contributed by atoms with Gasteiger partial charge in [-0.1, -0.05) is 26.2 Å². The van der Waals surface area contributed by atoms with E-state index in [2.05, 4.69) is 22.9 Å². The zero-order chi connectivity index (χ0) is 24.2. The van der Waals surface area contributed by atoms with Gasteiger partial charge in [0.05, 0.1) is 0 Å². The van der Waals surface area contributed by atoms with Crippen molar-refractivity contribution in [3.05, 3.63) is 0 Å². The van der Waals surface area contributed by atoms with E-state index in [0.717, 1.165) is 45.1 Å². The molecule has 0 saturated heterocycles. The van der Waals surface area contributed by atoms with Crippen LogP contribution in [0.5, 0.6) is 0 Å². The van der Waals surface area contributed by atoms with E-state index < -0.39 is 30.6 Å². The van der Waals surface area contributed by atoms with Crippen LogP contribution in [0, 0.1) is 0 Å². The molecule has 11 nitrogen and oxygen atoms in total. The number of carbonyl (C=O) groups is 5. The van der Waals surface area contributed by atoms with Crippen molar-refractivity contribution >= 4 is 29.8 Å². The Morgan fingerprint density at radius 2 is 1.28 bits per heavy atom. The van der Waals surface area contributed by atoms with Crippen molar-refractivity contribution in [2.75, 3.05) is 19.6 Å². The van der Waals surface area contributed by atoms with Crippen LogP contribution in [0.15, 0.2) is 0 Å². The van der Waals surface area contributed by atoms with Crippen LogP contribution in [0.25, 0.3) is 0 Å². The molecule has 1 atom stereocenters. The highest BCUT2D eigenvalue weighted by atomic mass is 16.4. The fourth-order valence-electron chi connectivity index (χ4n) is 2.83. The van der Waals surface area contributed by atoms with Gasteiger partial charge in [-0.3, -0.25) is 14.4 Å². The average Bonchev–Trinajstić information content (AvgIpc) is 2.73. The molecule has 0 aromatic rings. The van der Waals surface area contributed by atoms with Crippen molar-refractivity contribution in [2.24, 2.45) is 0 Å². The Balaban J connectivity index is 3.74. The van der Waals surface area contributed by atoms with E-state index in [-0.39, 0.29) is 18.2 Å². The number of rotatable bonds is 19. The summed E-state index contributed by atoms with van der Waals surface area (Å²) in [5.74, 6) is -2.42. The summed E-state index contributed by atoms with van der Waals surface area (Å²) in [4.78, 5) is 56.4. The Bertz CT molecular complexity index is 599. The maximum Gasteiger partial charge on any atom is 0.326 e. The minimum atomic E-state index is -1.23. The predicted molar refractivity (Wildman–Crippen MR) is 118 cm³/mol. The lowest BCUT2D eigenvalue weighted by atomic mass is 10.1. The third-order valence-electron chi connectivity index (χ3n) is 4.66. The topological polar surface area (TPSA) is 174 Å². The SMILES string of the molecule is CCCCNC(=O)CCCCCCC(=O)NCCCCC(NC(=O)NCC(=O)O)C(=O)O. The van der Waals surface area contributed by atoms with Crippen molar-refractivity contribution in [3.8, 4) is 0 Å². The van der Waals surface area contributed by atoms with Gasteiger partial charge in [-0.25, -0.2) is 9.59 Å². The highest BCUT2D eigenvalue weighted by Gasteiger charge is 2.19. The van der Waals surface area contributed by atoms with Crippen molar-refractivity contribution in [1.29, 1.82) is 0 Å². The first-order chi connectivity index (χ1) is 15.3. The van der Waals surface area contributed by atoms with Gasteiger partial charge >= 0.3 is 18.0 Å². The second kappa shape index (κ2) is 18.9. The van der Waals surface area contributed by atoms with Gasteiger partial charge < -0.3 is 31.5 Å². The molecule has 0 radical (unpaired) electrons. The van der Waals surface area contributed by atoms with Crippen molar-refractivity contribution in [2.45, 2.75) is 83.6 Å². The summed E-state index contributed by atoms with van der Waals surface area (Å²) >= 11 is 0. The Morgan fingerprint density at radius 3 is 1.78 bits per heavy atom. The highest BCUT2D eigenvalue weighted by molar-refractivity contribution is 5.84. The number of aliphatic carboxylic acids is 2. The van der Waals surface area contributed by atoms with Crippen LogP contribution < -0.4 is 21.3 Å². The normalized spacial score (nSPS) is 11.3. The lowest BCUT2D eigenvalue weighted by Gasteiger charge is -2.14. The molecule has 11 heteroatoms. The van der Waals surface area contributed by atoms with Crippen LogP contribution in [-0.4, -0.2) is 65.7 Å². The van der Waals surface area contributed by atoms with Crippen LogP contribution in [0.1, 0.15) is 77.6 Å².